The zero-order chi connectivity index (χ0) is 21.7. The number of piperazine rings is 1. The van der Waals surface area contributed by atoms with Gasteiger partial charge in [-0.2, -0.15) is 0 Å². The molecule has 0 unspecified atom stereocenters. The zero-order valence-corrected chi connectivity index (χ0v) is 19.6. The first-order valence-corrected chi connectivity index (χ1v) is 11.3. The van der Waals surface area contributed by atoms with Gasteiger partial charge >= 0.3 is 5.97 Å². The second-order valence-electron chi connectivity index (χ2n) is 7.23. The molecule has 3 rings (SSSR count). The maximum absolute atomic E-state index is 12.3. The normalized spacial score (nSPS) is 14.5. The van der Waals surface area contributed by atoms with Crippen LogP contribution in [-0.4, -0.2) is 61.3 Å². The summed E-state index contributed by atoms with van der Waals surface area (Å²) in [5, 5.41) is 4.75. The molecule has 0 bridgehead atoms. The molecular formula is C22H29N3O3S2. The summed E-state index contributed by atoms with van der Waals surface area (Å²) in [7, 11) is 3.11. The van der Waals surface area contributed by atoms with E-state index in [1.807, 2.05) is 26.0 Å². The summed E-state index contributed by atoms with van der Waals surface area (Å²) < 4.78 is 10.3. The average Bonchev–Trinajstić information content (AvgIpc) is 3.08. The minimum atomic E-state index is -0.315. The van der Waals surface area contributed by atoms with Crippen LogP contribution in [-0.2, 0) is 17.7 Å². The molecule has 1 aliphatic rings. The summed E-state index contributed by atoms with van der Waals surface area (Å²) >= 11 is 7.22. The minimum Gasteiger partial charge on any atom is -0.497 e. The van der Waals surface area contributed by atoms with Gasteiger partial charge in [0.2, 0.25) is 0 Å². The number of anilines is 1. The van der Waals surface area contributed by atoms with Gasteiger partial charge in [0.1, 0.15) is 10.8 Å². The van der Waals surface area contributed by atoms with Crippen LogP contribution in [0.2, 0.25) is 0 Å². The van der Waals surface area contributed by atoms with Crippen molar-refractivity contribution in [3.63, 3.8) is 0 Å². The van der Waals surface area contributed by atoms with E-state index in [4.69, 9.17) is 21.7 Å². The molecule has 0 aliphatic carbocycles. The lowest BCUT2D eigenvalue weighted by Crippen LogP contribution is -2.49. The van der Waals surface area contributed by atoms with Gasteiger partial charge in [-0.1, -0.05) is 19.1 Å². The molecule has 1 aromatic heterocycles. The van der Waals surface area contributed by atoms with Gasteiger partial charge in [0.25, 0.3) is 0 Å². The molecule has 2 aromatic rings. The lowest BCUT2D eigenvalue weighted by molar-refractivity contribution is 0.0601. The van der Waals surface area contributed by atoms with Crippen molar-refractivity contribution in [2.24, 2.45) is 0 Å². The van der Waals surface area contributed by atoms with Crippen LogP contribution < -0.4 is 10.1 Å². The molecule has 0 radical (unpaired) electrons. The van der Waals surface area contributed by atoms with Crippen LogP contribution in [0.1, 0.15) is 33.3 Å². The van der Waals surface area contributed by atoms with Crippen LogP contribution in [0.3, 0.4) is 0 Å². The van der Waals surface area contributed by atoms with E-state index in [2.05, 4.69) is 27.2 Å². The van der Waals surface area contributed by atoms with E-state index in [-0.39, 0.29) is 5.97 Å². The molecule has 2 heterocycles. The van der Waals surface area contributed by atoms with Gasteiger partial charge in [0.15, 0.2) is 5.11 Å². The van der Waals surface area contributed by atoms with Gasteiger partial charge in [-0.25, -0.2) is 4.79 Å². The number of hydrogen-bond acceptors (Lipinski definition) is 6. The fourth-order valence-electron chi connectivity index (χ4n) is 3.72. The molecule has 0 saturated carbocycles. The summed E-state index contributed by atoms with van der Waals surface area (Å²) in [4.78, 5) is 18.0. The molecule has 1 aromatic carbocycles. The van der Waals surface area contributed by atoms with Gasteiger partial charge in [-0.15, -0.1) is 11.3 Å². The number of benzene rings is 1. The van der Waals surface area contributed by atoms with Crippen molar-refractivity contribution < 1.29 is 14.3 Å². The fraction of sp³-hybridized carbons (Fsp3) is 0.455. The van der Waals surface area contributed by atoms with Gasteiger partial charge < -0.3 is 19.7 Å². The number of aryl methyl sites for hydroxylation is 1. The van der Waals surface area contributed by atoms with Crippen LogP contribution in [0.5, 0.6) is 5.75 Å². The third kappa shape index (κ3) is 5.11. The predicted molar refractivity (Wildman–Crippen MR) is 126 cm³/mol. The number of thiocarbonyl (C=S) groups is 1. The predicted octanol–water partition coefficient (Wildman–Crippen LogP) is 3.93. The Kier molecular flexibility index (Phi) is 7.69. The minimum absolute atomic E-state index is 0.315. The van der Waals surface area contributed by atoms with Crippen molar-refractivity contribution in [1.82, 2.24) is 9.80 Å². The molecule has 6 nitrogen and oxygen atoms in total. The Hall–Kier alpha value is -2.16. The number of methoxy groups -OCH3 is 2. The van der Waals surface area contributed by atoms with Crippen LogP contribution in [0.15, 0.2) is 24.3 Å². The number of esters is 1. The highest BCUT2D eigenvalue weighted by atomic mass is 32.1. The maximum Gasteiger partial charge on any atom is 0.341 e. The molecule has 1 saturated heterocycles. The molecule has 0 atom stereocenters. The number of carbonyl (C=O) groups excluding carboxylic acids is 1. The monoisotopic (exact) mass is 447 g/mol. The van der Waals surface area contributed by atoms with Crippen molar-refractivity contribution >= 4 is 39.6 Å². The topological polar surface area (TPSA) is 54.0 Å². The van der Waals surface area contributed by atoms with Gasteiger partial charge in [-0.05, 0) is 48.8 Å². The second-order valence-corrected chi connectivity index (χ2v) is 8.84. The number of thiophene rings is 1. The first-order chi connectivity index (χ1) is 14.5. The third-order valence-electron chi connectivity index (χ3n) is 5.37. The zero-order valence-electron chi connectivity index (χ0n) is 18.0. The number of carbonyl (C=O) groups is 1. The Morgan fingerprint density at radius 1 is 1.23 bits per heavy atom. The molecule has 30 heavy (non-hydrogen) atoms. The molecule has 0 spiro atoms. The summed E-state index contributed by atoms with van der Waals surface area (Å²) in [6.07, 6.45) is 0.782. The summed E-state index contributed by atoms with van der Waals surface area (Å²) in [6, 6.07) is 8.19. The van der Waals surface area contributed by atoms with E-state index in [0.717, 1.165) is 60.3 Å². The SMILES string of the molecule is CCc1c(C)sc(NC(=S)N2CCN(Cc3cccc(OC)c3)CC2)c1C(=O)OC. The molecule has 0 amide bonds. The molecule has 1 aliphatic heterocycles. The van der Waals surface area contributed by atoms with Crippen molar-refractivity contribution in [2.45, 2.75) is 26.8 Å². The van der Waals surface area contributed by atoms with Crippen molar-refractivity contribution in [1.29, 1.82) is 0 Å². The van der Waals surface area contributed by atoms with Gasteiger partial charge in [0, 0.05) is 37.6 Å². The number of hydrogen-bond donors (Lipinski definition) is 1. The molecular weight excluding hydrogens is 418 g/mol. The lowest BCUT2D eigenvalue weighted by atomic mass is 10.1. The molecule has 162 valence electrons. The van der Waals surface area contributed by atoms with Crippen molar-refractivity contribution in [2.75, 3.05) is 45.7 Å². The number of nitrogens with zero attached hydrogens (tertiary/aromatic N) is 2. The highest BCUT2D eigenvalue weighted by molar-refractivity contribution is 7.80. The maximum atomic E-state index is 12.3. The Bertz CT molecular complexity index is 905. The van der Waals surface area contributed by atoms with E-state index in [0.29, 0.717) is 10.7 Å². The third-order valence-corrected chi connectivity index (χ3v) is 6.80. The highest BCUT2D eigenvalue weighted by Gasteiger charge is 2.25. The van der Waals surface area contributed by atoms with E-state index < -0.39 is 0 Å². The first kappa shape index (κ1) is 22.5. The highest BCUT2D eigenvalue weighted by Crippen LogP contribution is 2.34. The number of rotatable bonds is 6. The standard InChI is InChI=1S/C22H29N3O3S2/c1-5-18-15(2)30-20(19(18)21(26)28-4)23-22(29)25-11-9-24(10-12-25)14-16-7-6-8-17(13-16)27-3/h6-8,13H,5,9-12,14H2,1-4H3,(H,23,29). The molecule has 1 N–H and O–H groups in total. The Morgan fingerprint density at radius 2 is 1.97 bits per heavy atom. The first-order valence-electron chi connectivity index (χ1n) is 10.1. The second kappa shape index (κ2) is 10.2. The van der Waals surface area contributed by atoms with E-state index in [9.17, 15) is 4.79 Å². The number of ether oxygens (including phenoxy) is 2. The summed E-state index contributed by atoms with van der Waals surface area (Å²) in [6.45, 7) is 8.50. The largest absolute Gasteiger partial charge is 0.497 e. The number of nitrogens with one attached hydrogen (secondary N) is 1. The van der Waals surface area contributed by atoms with Gasteiger partial charge in [0.05, 0.1) is 19.8 Å². The van der Waals surface area contributed by atoms with E-state index >= 15 is 0 Å². The van der Waals surface area contributed by atoms with E-state index in [1.54, 1.807) is 18.4 Å². The summed E-state index contributed by atoms with van der Waals surface area (Å²) in [5.74, 6) is 0.570. The van der Waals surface area contributed by atoms with Crippen LogP contribution >= 0.6 is 23.6 Å². The quantitative estimate of drug-likeness (QED) is 0.532. The Labute approximate surface area is 187 Å². The van der Waals surface area contributed by atoms with Crippen molar-refractivity contribution in [3.05, 3.63) is 45.8 Å². The smallest absolute Gasteiger partial charge is 0.341 e. The molecule has 8 heteroatoms. The Morgan fingerprint density at radius 3 is 2.60 bits per heavy atom. The van der Waals surface area contributed by atoms with Crippen LogP contribution in [0.4, 0.5) is 5.00 Å². The van der Waals surface area contributed by atoms with E-state index in [1.165, 1.54) is 12.7 Å². The van der Waals surface area contributed by atoms with Crippen LogP contribution in [0, 0.1) is 6.92 Å². The Balaban J connectivity index is 1.60. The molecule has 1 fully saturated rings. The van der Waals surface area contributed by atoms with Crippen LogP contribution in [0.25, 0.3) is 0 Å². The fourth-order valence-corrected chi connectivity index (χ4v) is 5.21. The summed E-state index contributed by atoms with van der Waals surface area (Å²) in [5.41, 5.74) is 2.88. The van der Waals surface area contributed by atoms with Crippen molar-refractivity contribution in [3.8, 4) is 5.75 Å². The lowest BCUT2D eigenvalue weighted by Gasteiger charge is -2.36. The van der Waals surface area contributed by atoms with Gasteiger partial charge in [-0.3, -0.25) is 4.90 Å². The average molecular weight is 448 g/mol.